The molecule has 0 saturated carbocycles. The standard InChI is InChI=1S/C68H45N/c1-3-17-52(18-4-1)67-64-25-12-11-24-61(64)62-43-38-54(45-65(62)68(67)53-19-5-2-6-20-53)48-35-41-56(42-36-48)69(66-28-14-27-60-59-23-10-8-16-50(59)37-44-63(60)66)55-39-33-47(34-40-55)46-29-31-51(32-30-46)58-26-13-21-49-15-7-9-22-57(49)58/h1-45H. The molecule has 0 aliphatic rings. The average molecular weight is 876 g/mol. The molecule has 0 amide bonds. The molecule has 13 aromatic rings. The van der Waals surface area contributed by atoms with Crippen LogP contribution in [0, 0.1) is 0 Å². The molecule has 0 aliphatic carbocycles. The highest BCUT2D eigenvalue weighted by Crippen LogP contribution is 2.47. The highest BCUT2D eigenvalue weighted by atomic mass is 15.1. The zero-order chi connectivity index (χ0) is 45.7. The minimum Gasteiger partial charge on any atom is -0.310 e. The van der Waals surface area contributed by atoms with Gasteiger partial charge in [-0.25, -0.2) is 0 Å². The third-order valence-electron chi connectivity index (χ3n) is 14.1. The van der Waals surface area contributed by atoms with E-state index < -0.39 is 0 Å². The predicted molar refractivity (Wildman–Crippen MR) is 296 cm³/mol. The van der Waals surface area contributed by atoms with Gasteiger partial charge in [0.1, 0.15) is 0 Å². The van der Waals surface area contributed by atoms with Gasteiger partial charge in [0.15, 0.2) is 0 Å². The van der Waals surface area contributed by atoms with Crippen LogP contribution in [0.2, 0.25) is 0 Å². The Balaban J connectivity index is 0.920. The van der Waals surface area contributed by atoms with Gasteiger partial charge in [-0.1, -0.05) is 237 Å². The van der Waals surface area contributed by atoms with Crippen LogP contribution < -0.4 is 4.90 Å². The van der Waals surface area contributed by atoms with E-state index in [1.165, 1.54) is 109 Å². The maximum atomic E-state index is 2.42. The van der Waals surface area contributed by atoms with Gasteiger partial charge in [0.25, 0.3) is 0 Å². The molecule has 322 valence electrons. The quantitative estimate of drug-likeness (QED) is 0.138. The van der Waals surface area contributed by atoms with Crippen LogP contribution in [0.4, 0.5) is 17.1 Å². The highest BCUT2D eigenvalue weighted by Gasteiger charge is 2.20. The highest BCUT2D eigenvalue weighted by molar-refractivity contribution is 6.22. The molecule has 0 heterocycles. The summed E-state index contributed by atoms with van der Waals surface area (Å²) >= 11 is 0. The van der Waals surface area contributed by atoms with Crippen molar-refractivity contribution in [2.75, 3.05) is 4.90 Å². The largest absolute Gasteiger partial charge is 0.310 e. The van der Waals surface area contributed by atoms with Crippen molar-refractivity contribution in [2.45, 2.75) is 0 Å². The van der Waals surface area contributed by atoms with Gasteiger partial charge < -0.3 is 4.90 Å². The molecule has 13 rings (SSSR count). The van der Waals surface area contributed by atoms with Crippen LogP contribution in [-0.2, 0) is 0 Å². The molecule has 0 bridgehead atoms. The van der Waals surface area contributed by atoms with Gasteiger partial charge in [-0.05, 0) is 141 Å². The van der Waals surface area contributed by atoms with Crippen molar-refractivity contribution in [1.82, 2.24) is 0 Å². The topological polar surface area (TPSA) is 3.24 Å². The van der Waals surface area contributed by atoms with E-state index in [0.29, 0.717) is 0 Å². The molecule has 0 radical (unpaired) electrons. The fourth-order valence-corrected chi connectivity index (χ4v) is 10.8. The van der Waals surface area contributed by atoms with Crippen molar-refractivity contribution in [3.63, 3.8) is 0 Å². The minimum atomic E-state index is 1.09. The van der Waals surface area contributed by atoms with E-state index >= 15 is 0 Å². The van der Waals surface area contributed by atoms with Gasteiger partial charge in [-0.15, -0.1) is 0 Å². The van der Waals surface area contributed by atoms with E-state index in [0.717, 1.165) is 17.1 Å². The van der Waals surface area contributed by atoms with Gasteiger partial charge in [0.05, 0.1) is 5.69 Å². The van der Waals surface area contributed by atoms with Crippen LogP contribution in [0.1, 0.15) is 0 Å². The Bertz CT molecular complexity index is 4020. The normalized spacial score (nSPS) is 11.5. The van der Waals surface area contributed by atoms with Crippen LogP contribution in [-0.4, -0.2) is 0 Å². The van der Waals surface area contributed by atoms with Crippen LogP contribution in [0.3, 0.4) is 0 Å². The predicted octanol–water partition coefficient (Wildman–Crippen LogP) is 19.3. The lowest BCUT2D eigenvalue weighted by Crippen LogP contribution is -2.10. The second-order valence-electron chi connectivity index (χ2n) is 18.0. The Labute approximate surface area is 402 Å². The second kappa shape index (κ2) is 17.0. The number of anilines is 3. The molecule has 0 aliphatic heterocycles. The Kier molecular flexibility index (Phi) is 9.91. The Hall–Kier alpha value is -9.04. The van der Waals surface area contributed by atoms with Crippen molar-refractivity contribution in [3.8, 4) is 55.6 Å². The molecular formula is C68H45N. The van der Waals surface area contributed by atoms with Gasteiger partial charge >= 0.3 is 0 Å². The summed E-state index contributed by atoms with van der Waals surface area (Å²) in [6, 6.07) is 100.0. The summed E-state index contributed by atoms with van der Waals surface area (Å²) in [7, 11) is 0. The lowest BCUT2D eigenvalue weighted by atomic mass is 9.84. The Morgan fingerprint density at radius 1 is 0.203 bits per heavy atom. The van der Waals surface area contributed by atoms with E-state index in [4.69, 9.17) is 0 Å². The number of nitrogens with zero attached hydrogens (tertiary/aromatic N) is 1. The minimum absolute atomic E-state index is 1.09. The van der Waals surface area contributed by atoms with Crippen LogP contribution in [0.25, 0.3) is 109 Å². The van der Waals surface area contributed by atoms with Crippen molar-refractivity contribution >= 4 is 70.9 Å². The zero-order valence-corrected chi connectivity index (χ0v) is 37.9. The van der Waals surface area contributed by atoms with E-state index in [9.17, 15) is 0 Å². The second-order valence-corrected chi connectivity index (χ2v) is 18.0. The first-order valence-electron chi connectivity index (χ1n) is 23.8. The van der Waals surface area contributed by atoms with Gasteiger partial charge in [0, 0.05) is 16.8 Å². The van der Waals surface area contributed by atoms with E-state index in [1.54, 1.807) is 0 Å². The average Bonchev–Trinajstić information content (AvgIpc) is 3.43. The summed E-state index contributed by atoms with van der Waals surface area (Å²) in [6.07, 6.45) is 0. The lowest BCUT2D eigenvalue weighted by molar-refractivity contribution is 1.30. The molecule has 0 N–H and O–H groups in total. The molecule has 0 atom stereocenters. The maximum absolute atomic E-state index is 2.42. The van der Waals surface area contributed by atoms with E-state index in [1.807, 2.05) is 0 Å². The fourth-order valence-electron chi connectivity index (χ4n) is 10.8. The summed E-state index contributed by atoms with van der Waals surface area (Å²) < 4.78 is 0. The SMILES string of the molecule is c1ccc(-c2c(-c3ccccc3)c3cc(-c4ccc(N(c5ccc(-c6ccc(-c7cccc8ccccc78)cc6)cc5)c5cccc6c5ccc5ccccc56)cc4)ccc3c3ccccc23)cc1. The first-order chi connectivity index (χ1) is 34.2. The summed E-state index contributed by atoms with van der Waals surface area (Å²) in [4.78, 5) is 2.42. The Morgan fingerprint density at radius 2 is 0.623 bits per heavy atom. The molecule has 0 saturated heterocycles. The summed E-state index contributed by atoms with van der Waals surface area (Å²) in [5.74, 6) is 0. The Morgan fingerprint density at radius 3 is 1.29 bits per heavy atom. The van der Waals surface area contributed by atoms with Gasteiger partial charge in [-0.3, -0.25) is 0 Å². The molecular weight excluding hydrogens is 831 g/mol. The molecule has 0 aromatic heterocycles. The zero-order valence-electron chi connectivity index (χ0n) is 37.9. The van der Waals surface area contributed by atoms with Crippen LogP contribution in [0.15, 0.2) is 273 Å². The molecule has 0 spiro atoms. The van der Waals surface area contributed by atoms with Crippen molar-refractivity contribution < 1.29 is 0 Å². The lowest BCUT2D eigenvalue weighted by Gasteiger charge is -2.27. The van der Waals surface area contributed by atoms with Gasteiger partial charge in [0.2, 0.25) is 0 Å². The van der Waals surface area contributed by atoms with E-state index in [2.05, 4.69) is 278 Å². The fraction of sp³-hybridized carbons (Fsp3) is 0. The van der Waals surface area contributed by atoms with Crippen molar-refractivity contribution in [2.24, 2.45) is 0 Å². The number of fused-ring (bicyclic) bond motifs is 7. The smallest absolute Gasteiger partial charge is 0.0540 e. The number of hydrogen-bond donors (Lipinski definition) is 0. The molecule has 69 heavy (non-hydrogen) atoms. The van der Waals surface area contributed by atoms with Crippen molar-refractivity contribution in [1.29, 1.82) is 0 Å². The summed E-state index contributed by atoms with van der Waals surface area (Å²) in [5.41, 5.74) is 15.5. The molecule has 13 aromatic carbocycles. The summed E-state index contributed by atoms with van der Waals surface area (Å²) in [5, 5.41) is 12.5. The maximum Gasteiger partial charge on any atom is 0.0540 e. The number of hydrogen-bond acceptors (Lipinski definition) is 1. The molecule has 1 heteroatoms. The summed E-state index contributed by atoms with van der Waals surface area (Å²) in [6.45, 7) is 0. The first-order valence-corrected chi connectivity index (χ1v) is 23.8. The van der Waals surface area contributed by atoms with Crippen molar-refractivity contribution in [3.05, 3.63) is 273 Å². The number of benzene rings is 13. The van der Waals surface area contributed by atoms with Gasteiger partial charge in [-0.2, -0.15) is 0 Å². The monoisotopic (exact) mass is 875 g/mol. The third-order valence-corrected chi connectivity index (χ3v) is 14.1. The van der Waals surface area contributed by atoms with Crippen LogP contribution >= 0.6 is 0 Å². The first kappa shape index (κ1) is 40.3. The molecule has 1 nitrogen and oxygen atoms in total. The third kappa shape index (κ3) is 7.12. The molecule has 0 fully saturated rings. The molecule has 0 unspecified atom stereocenters. The van der Waals surface area contributed by atoms with E-state index in [-0.39, 0.29) is 0 Å². The number of rotatable bonds is 8. The van der Waals surface area contributed by atoms with Crippen LogP contribution in [0.5, 0.6) is 0 Å².